The van der Waals surface area contributed by atoms with Gasteiger partial charge in [0.15, 0.2) is 6.61 Å². The van der Waals surface area contributed by atoms with Crippen LogP contribution in [0, 0.1) is 12.8 Å². The number of thiazole rings is 1. The van der Waals surface area contributed by atoms with Crippen molar-refractivity contribution < 1.29 is 19.1 Å². The number of anilines is 2. The van der Waals surface area contributed by atoms with Gasteiger partial charge in [0, 0.05) is 26.5 Å². The number of benzene rings is 3. The summed E-state index contributed by atoms with van der Waals surface area (Å²) in [5.41, 5.74) is 2.73. The Morgan fingerprint density at radius 2 is 1.77 bits per heavy atom. The molecular formula is C29H22BrN3O5S2. The van der Waals surface area contributed by atoms with Crippen LogP contribution in [0.3, 0.4) is 0 Å². The Morgan fingerprint density at radius 3 is 2.55 bits per heavy atom. The number of hydrogen-bond acceptors (Lipinski definition) is 7. The molecule has 3 amide bonds. The minimum Gasteiger partial charge on any atom is -0.483 e. The number of fused-ring (bicyclic) bond motifs is 2. The molecule has 40 heavy (non-hydrogen) atoms. The molecule has 0 saturated carbocycles. The molecule has 0 bridgehead atoms. The molecule has 3 atom stereocenters. The summed E-state index contributed by atoms with van der Waals surface area (Å²) in [7, 11) is 0. The predicted octanol–water partition coefficient (Wildman–Crippen LogP) is 5.32. The molecule has 6 rings (SSSR count). The smallest absolute Gasteiger partial charge is 0.305 e. The van der Waals surface area contributed by atoms with Gasteiger partial charge in [-0.05, 0) is 48.9 Å². The highest BCUT2D eigenvalue weighted by Gasteiger charge is 2.56. The number of carbonyl (C=O) groups excluding carboxylic acids is 3. The molecule has 11 heteroatoms. The van der Waals surface area contributed by atoms with Crippen molar-refractivity contribution in [3.8, 4) is 5.75 Å². The van der Waals surface area contributed by atoms with Gasteiger partial charge in [-0.25, -0.2) is 4.90 Å². The van der Waals surface area contributed by atoms with Crippen molar-refractivity contribution in [2.45, 2.75) is 23.1 Å². The Hall–Kier alpha value is -3.67. The molecule has 3 unspecified atom stereocenters. The third-order valence-corrected chi connectivity index (χ3v) is 9.82. The zero-order valence-electron chi connectivity index (χ0n) is 21.1. The average Bonchev–Trinajstić information content (AvgIpc) is 3.43. The number of aryl methyl sites for hydroxylation is 1. The highest BCUT2D eigenvalue weighted by Crippen LogP contribution is 2.54. The lowest BCUT2D eigenvalue weighted by atomic mass is 9.82. The number of aromatic amines is 1. The molecule has 0 radical (unpaired) electrons. The van der Waals surface area contributed by atoms with Gasteiger partial charge in [0.1, 0.15) is 11.0 Å². The first kappa shape index (κ1) is 26.5. The summed E-state index contributed by atoms with van der Waals surface area (Å²) in [5, 5.41) is 2.70. The number of amides is 3. The topological polar surface area (TPSA) is 109 Å². The summed E-state index contributed by atoms with van der Waals surface area (Å²) in [6.07, 6.45) is 0. The summed E-state index contributed by atoms with van der Waals surface area (Å²) in [6.45, 7) is 1.64. The summed E-state index contributed by atoms with van der Waals surface area (Å²) in [5.74, 6) is -2.02. The number of H-pyrrole nitrogens is 1. The van der Waals surface area contributed by atoms with Crippen LogP contribution in [-0.4, -0.2) is 34.6 Å². The Kier molecular flexibility index (Phi) is 7.11. The number of carbonyl (C=O) groups is 3. The first-order chi connectivity index (χ1) is 19.3. The average molecular weight is 637 g/mol. The number of rotatable bonds is 6. The van der Waals surface area contributed by atoms with Crippen molar-refractivity contribution in [1.29, 1.82) is 0 Å². The van der Waals surface area contributed by atoms with Crippen LogP contribution < -0.4 is 19.8 Å². The van der Waals surface area contributed by atoms with Gasteiger partial charge in [-0.3, -0.25) is 19.2 Å². The summed E-state index contributed by atoms with van der Waals surface area (Å²) < 4.78 is 6.76. The van der Waals surface area contributed by atoms with Crippen LogP contribution in [-0.2, 0) is 14.4 Å². The standard InChI is InChI=1S/C29H22BrN3O5S2/c1-15-7-5-6-10-19(15)31-21(34)14-38-20-12-11-16(30)13-18(20)22-23-25(39-26-24(22)40-29(37)32-26)28(36)33(27(23)35)17-8-3-2-4-9-17/h2-13,22-23,25H,14H2,1H3,(H,31,34)(H,32,37). The van der Waals surface area contributed by atoms with Gasteiger partial charge in [0.25, 0.3) is 5.91 Å². The van der Waals surface area contributed by atoms with Crippen molar-refractivity contribution in [1.82, 2.24) is 4.98 Å². The van der Waals surface area contributed by atoms with E-state index in [1.165, 1.54) is 16.7 Å². The van der Waals surface area contributed by atoms with Crippen molar-refractivity contribution in [3.63, 3.8) is 0 Å². The number of para-hydroxylation sites is 2. The van der Waals surface area contributed by atoms with E-state index in [9.17, 15) is 19.2 Å². The zero-order chi connectivity index (χ0) is 28.0. The fourth-order valence-corrected chi connectivity index (χ4v) is 8.01. The number of hydrogen-bond donors (Lipinski definition) is 2. The number of aromatic nitrogens is 1. The molecule has 0 aliphatic carbocycles. The highest BCUT2D eigenvalue weighted by atomic mass is 79.9. The maximum atomic E-state index is 13.9. The molecule has 0 spiro atoms. The van der Waals surface area contributed by atoms with Crippen LogP contribution in [0.4, 0.5) is 11.4 Å². The van der Waals surface area contributed by atoms with E-state index in [-0.39, 0.29) is 29.2 Å². The second-order valence-electron chi connectivity index (χ2n) is 9.43. The predicted molar refractivity (Wildman–Crippen MR) is 158 cm³/mol. The molecule has 202 valence electrons. The van der Waals surface area contributed by atoms with E-state index in [2.05, 4.69) is 26.2 Å². The van der Waals surface area contributed by atoms with Crippen molar-refractivity contribution in [2.75, 3.05) is 16.8 Å². The lowest BCUT2D eigenvalue weighted by Crippen LogP contribution is -2.32. The van der Waals surface area contributed by atoms with Crippen molar-refractivity contribution in [3.05, 3.63) is 103 Å². The van der Waals surface area contributed by atoms with Crippen LogP contribution >= 0.6 is 39.0 Å². The SMILES string of the molecule is Cc1ccccc1NC(=O)COc1ccc(Br)cc1C1c2sc(=O)[nH]c2SC2C(=O)N(c3ccccc3)C(=O)C21. The van der Waals surface area contributed by atoms with Gasteiger partial charge in [-0.15, -0.1) is 0 Å². The Labute approximate surface area is 245 Å². The van der Waals surface area contributed by atoms with Gasteiger partial charge >= 0.3 is 4.87 Å². The normalized spacial score (nSPS) is 19.8. The molecule has 1 aromatic heterocycles. The number of thioether (sulfide) groups is 1. The van der Waals surface area contributed by atoms with E-state index in [4.69, 9.17) is 4.74 Å². The minimum absolute atomic E-state index is 0.266. The fourth-order valence-electron chi connectivity index (χ4n) is 5.12. The van der Waals surface area contributed by atoms with Gasteiger partial charge in [0.05, 0.1) is 16.6 Å². The second-order valence-corrected chi connectivity index (χ2v) is 12.5. The number of halogens is 1. The largest absolute Gasteiger partial charge is 0.483 e. The van der Waals surface area contributed by atoms with Crippen LogP contribution in [0.5, 0.6) is 5.75 Å². The second kappa shape index (κ2) is 10.7. The van der Waals surface area contributed by atoms with Crippen LogP contribution in [0.2, 0.25) is 0 Å². The molecule has 1 fully saturated rings. The van der Waals surface area contributed by atoms with E-state index >= 15 is 0 Å². The molecule has 3 heterocycles. The molecular weight excluding hydrogens is 614 g/mol. The number of imide groups is 1. The molecule has 2 aliphatic rings. The molecule has 8 nitrogen and oxygen atoms in total. The maximum Gasteiger partial charge on any atom is 0.305 e. The van der Waals surface area contributed by atoms with Crippen molar-refractivity contribution >= 4 is 68.1 Å². The van der Waals surface area contributed by atoms with E-state index < -0.39 is 17.1 Å². The zero-order valence-corrected chi connectivity index (χ0v) is 24.3. The maximum absolute atomic E-state index is 13.9. The highest BCUT2D eigenvalue weighted by molar-refractivity contribution is 9.10. The molecule has 2 N–H and O–H groups in total. The number of nitrogens with one attached hydrogen (secondary N) is 2. The van der Waals surface area contributed by atoms with E-state index in [0.29, 0.717) is 32.6 Å². The van der Waals surface area contributed by atoms with E-state index in [0.717, 1.165) is 21.4 Å². The van der Waals surface area contributed by atoms with Crippen molar-refractivity contribution in [2.24, 2.45) is 5.92 Å². The molecule has 4 aromatic rings. The van der Waals surface area contributed by atoms with Gasteiger partial charge in [0.2, 0.25) is 11.8 Å². The van der Waals surface area contributed by atoms with Gasteiger partial charge in [-0.2, -0.15) is 0 Å². The lowest BCUT2D eigenvalue weighted by molar-refractivity contribution is -0.122. The summed E-state index contributed by atoms with van der Waals surface area (Å²) in [4.78, 5) is 57.3. The first-order valence-electron chi connectivity index (χ1n) is 12.4. The minimum atomic E-state index is -0.769. The summed E-state index contributed by atoms with van der Waals surface area (Å²) in [6, 6.07) is 21.6. The molecule has 2 aliphatic heterocycles. The monoisotopic (exact) mass is 635 g/mol. The summed E-state index contributed by atoms with van der Waals surface area (Å²) >= 11 is 5.75. The van der Waals surface area contributed by atoms with Crippen LogP contribution in [0.1, 0.15) is 21.9 Å². The fraction of sp³-hybridized carbons (Fsp3) is 0.172. The number of ether oxygens (including phenoxy) is 1. The third kappa shape index (κ3) is 4.78. The van der Waals surface area contributed by atoms with E-state index in [1.54, 1.807) is 36.4 Å². The van der Waals surface area contributed by atoms with Crippen LogP contribution in [0.15, 0.2) is 87.1 Å². The first-order valence-corrected chi connectivity index (χ1v) is 14.9. The molecule has 1 saturated heterocycles. The van der Waals surface area contributed by atoms with Gasteiger partial charge < -0.3 is 15.0 Å². The molecule has 3 aromatic carbocycles. The van der Waals surface area contributed by atoms with E-state index in [1.807, 2.05) is 43.3 Å². The third-order valence-electron chi connectivity index (χ3n) is 6.92. The lowest BCUT2D eigenvalue weighted by Gasteiger charge is -2.31. The van der Waals surface area contributed by atoms with Gasteiger partial charge in [-0.1, -0.05) is 75.4 Å². The van der Waals surface area contributed by atoms with Crippen LogP contribution in [0.25, 0.3) is 0 Å². The quantitative estimate of drug-likeness (QED) is 0.278. The Bertz CT molecular complexity index is 1700. The number of nitrogens with zero attached hydrogens (tertiary/aromatic N) is 1. The Balaban J connectivity index is 1.37. The Morgan fingerprint density at radius 1 is 1.02 bits per heavy atom.